The highest BCUT2D eigenvalue weighted by atomic mass is 35.5. The van der Waals surface area contributed by atoms with Crippen LogP contribution in [-0.4, -0.2) is 5.11 Å². The van der Waals surface area contributed by atoms with Gasteiger partial charge in [-0.25, -0.2) is 4.39 Å². The maximum absolute atomic E-state index is 13.5. The van der Waals surface area contributed by atoms with Crippen molar-refractivity contribution in [2.24, 2.45) is 0 Å². The second-order valence-corrected chi connectivity index (χ2v) is 5.58. The first-order valence-electron chi connectivity index (χ1n) is 5.46. The van der Waals surface area contributed by atoms with Crippen molar-refractivity contribution in [3.05, 3.63) is 68.4 Å². The molecule has 1 unspecified atom stereocenters. The van der Waals surface area contributed by atoms with E-state index < -0.39 is 11.4 Å². The minimum absolute atomic E-state index is 0.0827. The fraction of sp³-hybridized carbons (Fsp3) is 0.143. The van der Waals surface area contributed by atoms with Crippen LogP contribution in [0.1, 0.15) is 18.1 Å². The standard InChI is InChI=1S/C14H10Cl3FO/c1-14(19,8-2-4-9(15)5-3-8)10-6-13(18)12(17)7-11(10)16/h2-7,19H,1H3. The summed E-state index contributed by atoms with van der Waals surface area (Å²) in [6, 6.07) is 9.02. The van der Waals surface area contributed by atoms with Gasteiger partial charge in [-0.05, 0) is 36.8 Å². The molecule has 0 aliphatic heterocycles. The van der Waals surface area contributed by atoms with Crippen molar-refractivity contribution in [3.8, 4) is 0 Å². The molecule has 100 valence electrons. The summed E-state index contributed by atoms with van der Waals surface area (Å²) < 4.78 is 13.5. The summed E-state index contributed by atoms with van der Waals surface area (Å²) in [6.07, 6.45) is 0. The zero-order valence-electron chi connectivity index (χ0n) is 9.92. The van der Waals surface area contributed by atoms with E-state index in [1.54, 1.807) is 24.3 Å². The Morgan fingerprint density at radius 2 is 1.58 bits per heavy atom. The molecule has 5 heteroatoms. The van der Waals surface area contributed by atoms with Crippen LogP contribution in [0.4, 0.5) is 4.39 Å². The Kier molecular flexibility index (Phi) is 4.07. The average Bonchev–Trinajstić information content (AvgIpc) is 2.34. The Hall–Kier alpha value is -0.800. The molecule has 1 nitrogen and oxygen atoms in total. The summed E-state index contributed by atoms with van der Waals surface area (Å²) in [6.45, 7) is 1.53. The summed E-state index contributed by atoms with van der Waals surface area (Å²) >= 11 is 17.5. The van der Waals surface area contributed by atoms with E-state index in [0.29, 0.717) is 10.6 Å². The third-order valence-corrected chi connectivity index (χ3v) is 3.80. The van der Waals surface area contributed by atoms with Crippen LogP contribution in [-0.2, 0) is 5.60 Å². The fourth-order valence-electron chi connectivity index (χ4n) is 1.83. The van der Waals surface area contributed by atoms with Gasteiger partial charge in [-0.2, -0.15) is 0 Å². The second-order valence-electron chi connectivity index (χ2n) is 4.33. The number of halogens is 4. The lowest BCUT2D eigenvalue weighted by atomic mass is 9.88. The van der Waals surface area contributed by atoms with Gasteiger partial charge in [0.05, 0.1) is 5.02 Å². The van der Waals surface area contributed by atoms with E-state index in [2.05, 4.69) is 0 Å². The lowest BCUT2D eigenvalue weighted by Gasteiger charge is -2.26. The Bertz CT molecular complexity index is 609. The van der Waals surface area contributed by atoms with Gasteiger partial charge in [0.25, 0.3) is 0 Å². The highest BCUT2D eigenvalue weighted by molar-refractivity contribution is 6.35. The van der Waals surface area contributed by atoms with Crippen molar-refractivity contribution in [3.63, 3.8) is 0 Å². The number of hydrogen-bond acceptors (Lipinski definition) is 1. The van der Waals surface area contributed by atoms with E-state index in [1.165, 1.54) is 13.0 Å². The first-order valence-corrected chi connectivity index (χ1v) is 6.59. The maximum atomic E-state index is 13.5. The average molecular weight is 320 g/mol. The predicted molar refractivity (Wildman–Crippen MR) is 76.5 cm³/mol. The molecule has 0 radical (unpaired) electrons. The molecule has 2 aromatic rings. The Balaban J connectivity index is 2.55. The monoisotopic (exact) mass is 318 g/mol. The van der Waals surface area contributed by atoms with Crippen molar-refractivity contribution >= 4 is 34.8 Å². The molecule has 1 N–H and O–H groups in total. The molecule has 0 aromatic heterocycles. The lowest BCUT2D eigenvalue weighted by Crippen LogP contribution is -2.23. The van der Waals surface area contributed by atoms with Gasteiger partial charge in [-0.15, -0.1) is 0 Å². The van der Waals surface area contributed by atoms with Gasteiger partial charge in [-0.3, -0.25) is 0 Å². The van der Waals surface area contributed by atoms with Crippen LogP contribution >= 0.6 is 34.8 Å². The van der Waals surface area contributed by atoms with Crippen molar-refractivity contribution in [1.82, 2.24) is 0 Å². The van der Waals surface area contributed by atoms with Crippen LogP contribution in [0, 0.1) is 5.82 Å². The van der Waals surface area contributed by atoms with Crippen LogP contribution in [0.2, 0.25) is 15.1 Å². The van der Waals surface area contributed by atoms with Gasteiger partial charge in [0.15, 0.2) is 0 Å². The fourth-order valence-corrected chi connectivity index (χ4v) is 2.52. The largest absolute Gasteiger partial charge is 0.381 e. The number of hydrogen-bond donors (Lipinski definition) is 1. The SMILES string of the molecule is CC(O)(c1ccc(Cl)cc1)c1cc(F)c(Cl)cc1Cl. The van der Waals surface area contributed by atoms with Gasteiger partial charge in [0.2, 0.25) is 0 Å². The van der Waals surface area contributed by atoms with E-state index in [0.717, 1.165) is 6.07 Å². The van der Waals surface area contributed by atoms with Crippen molar-refractivity contribution in [1.29, 1.82) is 0 Å². The molecule has 0 saturated carbocycles. The molecular formula is C14H10Cl3FO. The first-order chi connectivity index (χ1) is 8.82. The van der Waals surface area contributed by atoms with Gasteiger partial charge in [-0.1, -0.05) is 46.9 Å². The van der Waals surface area contributed by atoms with Crippen LogP contribution < -0.4 is 0 Å². The van der Waals surface area contributed by atoms with Crippen LogP contribution in [0.3, 0.4) is 0 Å². The molecule has 19 heavy (non-hydrogen) atoms. The lowest BCUT2D eigenvalue weighted by molar-refractivity contribution is 0.102. The van der Waals surface area contributed by atoms with Gasteiger partial charge in [0.1, 0.15) is 11.4 Å². The predicted octanol–water partition coefficient (Wildman–Crippen LogP) is 5.04. The molecule has 1 atom stereocenters. The third kappa shape index (κ3) is 2.87. The van der Waals surface area contributed by atoms with E-state index in [-0.39, 0.29) is 15.6 Å². The van der Waals surface area contributed by atoms with E-state index in [9.17, 15) is 9.50 Å². The van der Waals surface area contributed by atoms with Crippen molar-refractivity contribution < 1.29 is 9.50 Å². The molecule has 2 rings (SSSR count). The topological polar surface area (TPSA) is 20.2 Å². The molecule has 0 aliphatic carbocycles. The summed E-state index contributed by atoms with van der Waals surface area (Å²) in [5.74, 6) is -0.629. The highest BCUT2D eigenvalue weighted by Gasteiger charge is 2.29. The first kappa shape index (κ1) is 14.6. The van der Waals surface area contributed by atoms with Gasteiger partial charge >= 0.3 is 0 Å². The number of benzene rings is 2. The Morgan fingerprint density at radius 1 is 1.00 bits per heavy atom. The van der Waals surface area contributed by atoms with Crippen LogP contribution in [0.5, 0.6) is 0 Å². The van der Waals surface area contributed by atoms with Crippen LogP contribution in [0.25, 0.3) is 0 Å². The maximum Gasteiger partial charge on any atom is 0.142 e. The van der Waals surface area contributed by atoms with Crippen molar-refractivity contribution in [2.75, 3.05) is 0 Å². The zero-order valence-corrected chi connectivity index (χ0v) is 12.2. The number of aliphatic hydroxyl groups is 1. The molecule has 0 heterocycles. The Labute approximate surface area is 125 Å². The molecule has 0 saturated heterocycles. The third-order valence-electron chi connectivity index (χ3n) is 2.94. The summed E-state index contributed by atoms with van der Waals surface area (Å²) in [5.41, 5.74) is -0.633. The minimum atomic E-state index is -1.44. The summed E-state index contributed by atoms with van der Waals surface area (Å²) in [4.78, 5) is 0. The summed E-state index contributed by atoms with van der Waals surface area (Å²) in [7, 11) is 0. The van der Waals surface area contributed by atoms with E-state index >= 15 is 0 Å². The molecule has 0 amide bonds. The van der Waals surface area contributed by atoms with Gasteiger partial charge < -0.3 is 5.11 Å². The number of rotatable bonds is 2. The quantitative estimate of drug-likeness (QED) is 0.769. The minimum Gasteiger partial charge on any atom is -0.381 e. The molecule has 2 aromatic carbocycles. The zero-order chi connectivity index (χ0) is 14.2. The van der Waals surface area contributed by atoms with E-state index in [4.69, 9.17) is 34.8 Å². The van der Waals surface area contributed by atoms with Crippen LogP contribution in [0.15, 0.2) is 36.4 Å². The van der Waals surface area contributed by atoms with Crippen molar-refractivity contribution in [2.45, 2.75) is 12.5 Å². The Morgan fingerprint density at radius 3 is 2.16 bits per heavy atom. The highest BCUT2D eigenvalue weighted by Crippen LogP contribution is 2.36. The van der Waals surface area contributed by atoms with Gasteiger partial charge in [0, 0.05) is 15.6 Å². The normalized spacial score (nSPS) is 14.2. The summed E-state index contributed by atoms with van der Waals surface area (Å²) in [5, 5.41) is 11.3. The van der Waals surface area contributed by atoms with E-state index in [1.807, 2.05) is 0 Å². The smallest absolute Gasteiger partial charge is 0.142 e. The molecule has 0 aliphatic rings. The second kappa shape index (κ2) is 5.29. The molecule has 0 fully saturated rings. The molecule has 0 spiro atoms. The molecular weight excluding hydrogens is 310 g/mol. The molecule has 0 bridgehead atoms.